The van der Waals surface area contributed by atoms with Crippen molar-refractivity contribution >= 4 is 40.4 Å². The zero-order chi connectivity index (χ0) is 17.8. The Hall–Kier alpha value is -1.11. The maximum atomic E-state index is 12.2. The van der Waals surface area contributed by atoms with Crippen LogP contribution in [0.2, 0.25) is 8.67 Å². The van der Waals surface area contributed by atoms with Gasteiger partial charge in [0.15, 0.2) is 0 Å². The lowest BCUT2D eigenvalue weighted by molar-refractivity contribution is 0.0951. The van der Waals surface area contributed by atoms with Crippen molar-refractivity contribution < 1.29 is 4.79 Å². The molecule has 1 N–H and O–H groups in total. The van der Waals surface area contributed by atoms with Gasteiger partial charge in [0.1, 0.15) is 4.34 Å². The molecule has 1 aliphatic rings. The van der Waals surface area contributed by atoms with Crippen molar-refractivity contribution in [1.82, 2.24) is 15.1 Å². The number of piperazine rings is 1. The summed E-state index contributed by atoms with van der Waals surface area (Å²) < 4.78 is 0.938. The van der Waals surface area contributed by atoms with Gasteiger partial charge in [-0.1, -0.05) is 47.5 Å². The summed E-state index contributed by atoms with van der Waals surface area (Å²) >= 11 is 13.1. The molecule has 1 aliphatic heterocycles. The van der Waals surface area contributed by atoms with Crippen LogP contribution in [0.4, 0.5) is 0 Å². The van der Waals surface area contributed by atoms with Crippen LogP contribution >= 0.6 is 34.5 Å². The van der Waals surface area contributed by atoms with Gasteiger partial charge in [-0.25, -0.2) is 0 Å². The van der Waals surface area contributed by atoms with Gasteiger partial charge in [-0.15, -0.1) is 11.3 Å². The smallest absolute Gasteiger partial charge is 0.253 e. The lowest BCUT2D eigenvalue weighted by atomic mass is 10.1. The summed E-state index contributed by atoms with van der Waals surface area (Å²) in [5, 5.41) is 2.88. The Bertz CT molecular complexity index is 724. The quantitative estimate of drug-likeness (QED) is 0.834. The number of hydrogen-bond acceptors (Lipinski definition) is 4. The average molecular weight is 398 g/mol. The number of halogens is 2. The maximum Gasteiger partial charge on any atom is 0.253 e. The Morgan fingerprint density at radius 1 is 1.12 bits per heavy atom. The van der Waals surface area contributed by atoms with Gasteiger partial charge in [-0.3, -0.25) is 9.69 Å². The van der Waals surface area contributed by atoms with E-state index in [1.54, 1.807) is 6.07 Å². The molecule has 0 bridgehead atoms. The zero-order valence-electron chi connectivity index (χ0n) is 14.1. The van der Waals surface area contributed by atoms with Crippen molar-refractivity contribution in [3.63, 3.8) is 0 Å². The molecule has 2 aromatic rings. The van der Waals surface area contributed by atoms with Crippen LogP contribution in [0.5, 0.6) is 0 Å². The first kappa shape index (κ1) is 18.7. The molecule has 1 fully saturated rings. The number of carbonyl (C=O) groups is 1. The van der Waals surface area contributed by atoms with E-state index in [1.807, 2.05) is 0 Å². The van der Waals surface area contributed by atoms with E-state index in [4.69, 9.17) is 23.2 Å². The molecular weight excluding hydrogens is 377 g/mol. The predicted octanol–water partition coefficient (Wildman–Crippen LogP) is 3.73. The molecule has 0 unspecified atom stereocenters. The minimum Gasteiger partial charge on any atom is -0.348 e. The van der Waals surface area contributed by atoms with Crippen LogP contribution in [-0.4, -0.2) is 48.9 Å². The Labute approximate surface area is 162 Å². The number of likely N-dealkylation sites (N-methyl/N-ethyl adjacent to an activating group) is 1. The minimum absolute atomic E-state index is 0.199. The van der Waals surface area contributed by atoms with Crippen molar-refractivity contribution in [2.24, 2.45) is 0 Å². The monoisotopic (exact) mass is 397 g/mol. The summed E-state index contributed by atoms with van der Waals surface area (Å²) in [5.41, 5.74) is 2.79. The highest BCUT2D eigenvalue weighted by Gasteiger charge is 2.15. The zero-order valence-corrected chi connectivity index (χ0v) is 16.4. The second-order valence-electron chi connectivity index (χ2n) is 6.32. The van der Waals surface area contributed by atoms with Gasteiger partial charge in [0.25, 0.3) is 5.91 Å². The molecule has 3 rings (SSSR count). The molecule has 25 heavy (non-hydrogen) atoms. The summed E-state index contributed by atoms with van der Waals surface area (Å²) in [7, 11) is 2.16. The standard InChI is InChI=1S/C18H21Cl2N3OS/c1-22-6-8-23(9-7-22)12-14-4-2-13(3-5-14)11-21-18(24)15-10-16(19)25-17(15)20/h2-5,10H,6-9,11-12H2,1H3,(H,21,24). The molecule has 0 spiro atoms. The number of nitrogens with zero attached hydrogens (tertiary/aromatic N) is 2. The third-order valence-corrected chi connectivity index (χ3v) is 5.87. The number of hydrogen-bond donors (Lipinski definition) is 1. The van der Waals surface area contributed by atoms with Crippen LogP contribution in [-0.2, 0) is 13.1 Å². The van der Waals surface area contributed by atoms with E-state index < -0.39 is 0 Å². The molecule has 0 radical (unpaired) electrons. The van der Waals surface area contributed by atoms with E-state index >= 15 is 0 Å². The van der Waals surface area contributed by atoms with Crippen LogP contribution in [0.3, 0.4) is 0 Å². The molecule has 1 aromatic carbocycles. The molecule has 0 saturated carbocycles. The molecule has 134 valence electrons. The van der Waals surface area contributed by atoms with Crippen LogP contribution in [0.25, 0.3) is 0 Å². The first-order chi connectivity index (χ1) is 12.0. The number of nitrogens with one attached hydrogen (secondary N) is 1. The van der Waals surface area contributed by atoms with E-state index in [0.29, 0.717) is 20.8 Å². The Kier molecular flexibility index (Phi) is 6.36. The molecule has 1 aromatic heterocycles. The van der Waals surface area contributed by atoms with E-state index in [-0.39, 0.29) is 5.91 Å². The average Bonchev–Trinajstić information content (AvgIpc) is 2.94. The SMILES string of the molecule is CN1CCN(Cc2ccc(CNC(=O)c3cc(Cl)sc3Cl)cc2)CC1. The maximum absolute atomic E-state index is 12.2. The van der Waals surface area contributed by atoms with Crippen LogP contribution in [0.15, 0.2) is 30.3 Å². The minimum atomic E-state index is -0.199. The Morgan fingerprint density at radius 3 is 2.36 bits per heavy atom. The van der Waals surface area contributed by atoms with E-state index in [0.717, 1.165) is 38.3 Å². The molecule has 4 nitrogen and oxygen atoms in total. The number of thiophene rings is 1. The molecule has 1 saturated heterocycles. The predicted molar refractivity (Wildman–Crippen MR) is 105 cm³/mol. The molecule has 0 aliphatic carbocycles. The van der Waals surface area contributed by atoms with E-state index in [2.05, 4.69) is 46.4 Å². The highest BCUT2D eigenvalue weighted by molar-refractivity contribution is 7.20. The van der Waals surface area contributed by atoms with Gasteiger partial charge >= 0.3 is 0 Å². The molecule has 2 heterocycles. The number of amides is 1. The summed E-state index contributed by atoms with van der Waals surface area (Å²) in [6.45, 7) is 5.91. The fraction of sp³-hybridized carbons (Fsp3) is 0.389. The van der Waals surface area contributed by atoms with Gasteiger partial charge in [0.2, 0.25) is 0 Å². The fourth-order valence-corrected chi connectivity index (χ4v) is 4.26. The van der Waals surface area contributed by atoms with Crippen molar-refractivity contribution in [1.29, 1.82) is 0 Å². The lowest BCUT2D eigenvalue weighted by Gasteiger charge is -2.32. The van der Waals surface area contributed by atoms with Crippen molar-refractivity contribution in [3.8, 4) is 0 Å². The number of benzene rings is 1. The van der Waals surface area contributed by atoms with Gasteiger partial charge < -0.3 is 10.2 Å². The van der Waals surface area contributed by atoms with E-state index in [1.165, 1.54) is 16.9 Å². The van der Waals surface area contributed by atoms with Crippen molar-refractivity contribution in [2.75, 3.05) is 33.2 Å². The second-order valence-corrected chi connectivity index (χ2v) is 8.60. The van der Waals surface area contributed by atoms with Crippen LogP contribution < -0.4 is 5.32 Å². The van der Waals surface area contributed by atoms with Gasteiger partial charge in [0.05, 0.1) is 9.90 Å². The Balaban J connectivity index is 1.50. The molecule has 1 amide bonds. The summed E-state index contributed by atoms with van der Waals surface area (Å²) in [6, 6.07) is 9.99. The highest BCUT2D eigenvalue weighted by atomic mass is 35.5. The number of rotatable bonds is 5. The van der Waals surface area contributed by atoms with Gasteiger partial charge in [0, 0.05) is 39.3 Å². The van der Waals surface area contributed by atoms with Gasteiger partial charge in [-0.05, 0) is 24.2 Å². The third kappa shape index (κ3) is 5.19. The van der Waals surface area contributed by atoms with Gasteiger partial charge in [-0.2, -0.15) is 0 Å². The summed E-state index contributed by atoms with van der Waals surface area (Å²) in [6.07, 6.45) is 0. The Morgan fingerprint density at radius 2 is 1.76 bits per heavy atom. The van der Waals surface area contributed by atoms with Crippen LogP contribution in [0, 0.1) is 0 Å². The normalized spacial score (nSPS) is 16.1. The number of carbonyl (C=O) groups excluding carboxylic acids is 1. The third-order valence-electron chi connectivity index (χ3n) is 4.38. The molecule has 0 atom stereocenters. The molecular formula is C18H21Cl2N3OS. The summed E-state index contributed by atoms with van der Waals surface area (Å²) in [4.78, 5) is 17.0. The molecule has 7 heteroatoms. The largest absolute Gasteiger partial charge is 0.348 e. The van der Waals surface area contributed by atoms with Crippen molar-refractivity contribution in [3.05, 3.63) is 55.7 Å². The fourth-order valence-electron chi connectivity index (χ4n) is 2.80. The lowest BCUT2D eigenvalue weighted by Crippen LogP contribution is -2.43. The topological polar surface area (TPSA) is 35.6 Å². The second kappa shape index (κ2) is 8.52. The highest BCUT2D eigenvalue weighted by Crippen LogP contribution is 2.31. The first-order valence-corrected chi connectivity index (χ1v) is 9.80. The summed E-state index contributed by atoms with van der Waals surface area (Å²) in [5.74, 6) is -0.199. The van der Waals surface area contributed by atoms with Crippen LogP contribution in [0.1, 0.15) is 21.5 Å². The van der Waals surface area contributed by atoms with E-state index in [9.17, 15) is 4.79 Å². The first-order valence-electron chi connectivity index (χ1n) is 8.23. The van der Waals surface area contributed by atoms with Crippen molar-refractivity contribution in [2.45, 2.75) is 13.1 Å².